The van der Waals surface area contributed by atoms with Crippen LogP contribution in [0.1, 0.15) is 12.5 Å². The normalized spacial score (nSPS) is 17.0. The van der Waals surface area contributed by atoms with Gasteiger partial charge in [-0.15, -0.1) is 13.2 Å². The smallest absolute Gasteiger partial charge is 0.406 e. The van der Waals surface area contributed by atoms with Gasteiger partial charge in [-0.3, -0.25) is 14.6 Å². The van der Waals surface area contributed by atoms with Crippen LogP contribution in [0, 0.1) is 0 Å². The Kier molecular flexibility index (Phi) is 6.76. The summed E-state index contributed by atoms with van der Waals surface area (Å²) in [6.07, 6.45) is -4.68. The molecule has 1 amide bonds. The number of benzene rings is 2. The number of carbonyl (C=O) groups is 1. The Labute approximate surface area is 168 Å². The first-order chi connectivity index (χ1) is 13.8. The molecule has 0 radical (unpaired) electrons. The topological polar surface area (TPSA) is 44.8 Å². The summed E-state index contributed by atoms with van der Waals surface area (Å²) in [5.74, 6) is -0.255. The predicted molar refractivity (Wildman–Crippen MR) is 105 cm³/mol. The van der Waals surface area contributed by atoms with Crippen molar-refractivity contribution in [3.05, 3.63) is 60.2 Å². The zero-order valence-corrected chi connectivity index (χ0v) is 16.2. The van der Waals surface area contributed by atoms with Crippen molar-refractivity contribution >= 4 is 11.6 Å². The number of amides is 1. The van der Waals surface area contributed by atoms with Crippen LogP contribution in [0.2, 0.25) is 0 Å². The third-order valence-corrected chi connectivity index (χ3v) is 4.94. The molecule has 1 unspecified atom stereocenters. The van der Waals surface area contributed by atoms with Gasteiger partial charge in [-0.05, 0) is 36.8 Å². The molecule has 3 rings (SSSR count). The summed E-state index contributed by atoms with van der Waals surface area (Å²) in [6, 6.07) is 15.1. The molecule has 1 heterocycles. The van der Waals surface area contributed by atoms with Crippen molar-refractivity contribution in [1.29, 1.82) is 0 Å². The number of halogens is 3. The van der Waals surface area contributed by atoms with Crippen LogP contribution in [0.3, 0.4) is 0 Å². The second kappa shape index (κ2) is 9.28. The average molecular weight is 407 g/mol. The lowest BCUT2D eigenvalue weighted by atomic mass is 10.1. The summed E-state index contributed by atoms with van der Waals surface area (Å²) in [5.41, 5.74) is 1.70. The van der Waals surface area contributed by atoms with E-state index in [-0.39, 0.29) is 17.7 Å². The number of ether oxygens (including phenoxy) is 1. The fourth-order valence-electron chi connectivity index (χ4n) is 3.30. The van der Waals surface area contributed by atoms with Crippen molar-refractivity contribution < 1.29 is 22.7 Å². The van der Waals surface area contributed by atoms with E-state index in [4.69, 9.17) is 0 Å². The van der Waals surface area contributed by atoms with Gasteiger partial charge in [-0.2, -0.15) is 0 Å². The molecule has 2 aromatic carbocycles. The number of alkyl halides is 3. The van der Waals surface area contributed by atoms with Crippen molar-refractivity contribution in [2.24, 2.45) is 0 Å². The van der Waals surface area contributed by atoms with Gasteiger partial charge in [0.2, 0.25) is 5.91 Å². The third-order valence-electron chi connectivity index (χ3n) is 4.94. The summed E-state index contributed by atoms with van der Waals surface area (Å²) < 4.78 is 40.6. The molecule has 1 N–H and O–H groups in total. The number of nitrogens with one attached hydrogen (secondary N) is 1. The fourth-order valence-corrected chi connectivity index (χ4v) is 3.30. The molecule has 1 aliphatic rings. The van der Waals surface area contributed by atoms with Gasteiger partial charge < -0.3 is 10.1 Å². The highest BCUT2D eigenvalue weighted by atomic mass is 19.4. The first kappa shape index (κ1) is 21.1. The molecule has 1 atom stereocenters. The van der Waals surface area contributed by atoms with E-state index in [0.717, 1.165) is 37.4 Å². The molecule has 0 saturated carbocycles. The Morgan fingerprint density at radius 2 is 1.66 bits per heavy atom. The van der Waals surface area contributed by atoms with E-state index >= 15 is 0 Å². The number of para-hydroxylation sites is 1. The van der Waals surface area contributed by atoms with Crippen LogP contribution < -0.4 is 10.1 Å². The maximum Gasteiger partial charge on any atom is 0.573 e. The molecule has 2 aromatic rings. The number of nitrogens with zero attached hydrogens (tertiary/aromatic N) is 2. The zero-order chi connectivity index (χ0) is 20.9. The Morgan fingerprint density at radius 1 is 1.03 bits per heavy atom. The quantitative estimate of drug-likeness (QED) is 0.793. The van der Waals surface area contributed by atoms with E-state index in [1.54, 1.807) is 12.1 Å². The van der Waals surface area contributed by atoms with E-state index < -0.39 is 6.36 Å². The lowest BCUT2D eigenvalue weighted by molar-refractivity contribution is -0.274. The minimum atomic E-state index is -4.68. The molecule has 1 fully saturated rings. The Bertz CT molecular complexity index is 789. The van der Waals surface area contributed by atoms with E-state index in [1.165, 1.54) is 12.1 Å². The largest absolute Gasteiger partial charge is 0.573 e. The van der Waals surface area contributed by atoms with Gasteiger partial charge in [0.15, 0.2) is 0 Å². The molecule has 0 aromatic heterocycles. The summed E-state index contributed by atoms with van der Waals surface area (Å²) in [4.78, 5) is 16.8. The molecular formula is C21H24F3N3O2. The Hall–Kier alpha value is -2.58. The van der Waals surface area contributed by atoms with E-state index in [2.05, 4.69) is 19.9 Å². The summed E-state index contributed by atoms with van der Waals surface area (Å²) in [5, 5.41) is 2.93. The highest BCUT2D eigenvalue weighted by Crippen LogP contribution is 2.23. The van der Waals surface area contributed by atoms with Gasteiger partial charge in [0.25, 0.3) is 0 Å². The second-order valence-electron chi connectivity index (χ2n) is 7.04. The third kappa shape index (κ3) is 6.47. The van der Waals surface area contributed by atoms with E-state index in [9.17, 15) is 18.0 Å². The molecular weight excluding hydrogens is 383 g/mol. The van der Waals surface area contributed by atoms with Gasteiger partial charge in [-0.1, -0.05) is 30.3 Å². The highest BCUT2D eigenvalue weighted by molar-refractivity contribution is 5.94. The number of hydrogen-bond acceptors (Lipinski definition) is 4. The van der Waals surface area contributed by atoms with Crippen molar-refractivity contribution in [3.63, 3.8) is 0 Å². The molecule has 1 aliphatic heterocycles. The summed E-state index contributed by atoms with van der Waals surface area (Å²) in [6.45, 7) is 5.60. The number of anilines is 1. The highest BCUT2D eigenvalue weighted by Gasteiger charge is 2.31. The first-order valence-electron chi connectivity index (χ1n) is 9.47. The van der Waals surface area contributed by atoms with Crippen LogP contribution in [0.4, 0.5) is 18.9 Å². The van der Waals surface area contributed by atoms with Gasteiger partial charge in [0, 0.05) is 38.4 Å². The van der Waals surface area contributed by atoms with Crippen LogP contribution >= 0.6 is 0 Å². The first-order valence-corrected chi connectivity index (χ1v) is 9.47. The van der Waals surface area contributed by atoms with Gasteiger partial charge in [0.1, 0.15) is 5.75 Å². The second-order valence-corrected chi connectivity index (χ2v) is 7.04. The predicted octanol–water partition coefficient (Wildman–Crippen LogP) is 3.73. The lowest BCUT2D eigenvalue weighted by Crippen LogP contribution is -2.52. The maximum atomic E-state index is 12.5. The van der Waals surface area contributed by atoms with Crippen LogP contribution in [0.15, 0.2) is 54.6 Å². The van der Waals surface area contributed by atoms with Crippen molar-refractivity contribution in [2.75, 3.05) is 31.5 Å². The van der Waals surface area contributed by atoms with Gasteiger partial charge in [0.05, 0.1) is 6.04 Å². The molecule has 29 heavy (non-hydrogen) atoms. The minimum Gasteiger partial charge on any atom is -0.406 e. The van der Waals surface area contributed by atoms with E-state index in [1.807, 2.05) is 37.3 Å². The number of carbonyl (C=O) groups excluding carboxylic acids is 1. The monoisotopic (exact) mass is 407 g/mol. The number of hydrogen-bond donors (Lipinski definition) is 1. The van der Waals surface area contributed by atoms with Crippen LogP contribution in [0.5, 0.6) is 5.75 Å². The number of rotatable bonds is 6. The standard InChI is InChI=1S/C21H24F3N3O2/c1-16(20(28)25-18-5-3-2-4-6-18)27-13-11-26(12-14-27)15-17-7-9-19(10-8-17)29-21(22,23)24/h2-10,16H,11-15H2,1H3,(H,25,28). The van der Waals surface area contributed by atoms with Gasteiger partial charge >= 0.3 is 6.36 Å². The number of piperazine rings is 1. The molecule has 1 saturated heterocycles. The Balaban J connectivity index is 1.45. The van der Waals surface area contributed by atoms with Crippen LogP contribution in [0.25, 0.3) is 0 Å². The molecule has 8 heteroatoms. The van der Waals surface area contributed by atoms with Crippen molar-refractivity contribution in [2.45, 2.75) is 25.9 Å². The lowest BCUT2D eigenvalue weighted by Gasteiger charge is -2.37. The van der Waals surface area contributed by atoms with Gasteiger partial charge in [-0.25, -0.2) is 0 Å². The van der Waals surface area contributed by atoms with E-state index in [0.29, 0.717) is 6.54 Å². The molecule has 156 valence electrons. The minimum absolute atomic E-state index is 0.0371. The molecule has 0 aliphatic carbocycles. The molecule has 0 bridgehead atoms. The fraction of sp³-hybridized carbons (Fsp3) is 0.381. The van der Waals surface area contributed by atoms with Crippen LogP contribution in [-0.2, 0) is 11.3 Å². The van der Waals surface area contributed by atoms with Crippen LogP contribution in [-0.4, -0.2) is 54.3 Å². The summed E-state index contributed by atoms with van der Waals surface area (Å²) in [7, 11) is 0. The molecule has 5 nitrogen and oxygen atoms in total. The van der Waals surface area contributed by atoms with Crippen molar-refractivity contribution in [3.8, 4) is 5.75 Å². The van der Waals surface area contributed by atoms with Crippen molar-refractivity contribution in [1.82, 2.24) is 9.80 Å². The maximum absolute atomic E-state index is 12.5. The Morgan fingerprint density at radius 3 is 2.24 bits per heavy atom. The molecule has 0 spiro atoms. The average Bonchev–Trinajstić information content (AvgIpc) is 2.69. The zero-order valence-electron chi connectivity index (χ0n) is 16.2. The SMILES string of the molecule is CC(C(=O)Nc1ccccc1)N1CCN(Cc2ccc(OC(F)(F)F)cc2)CC1. The summed E-state index contributed by atoms with van der Waals surface area (Å²) >= 11 is 0.